The van der Waals surface area contributed by atoms with Crippen LogP contribution in [-0.2, 0) is 17.1 Å². The lowest BCUT2D eigenvalue weighted by atomic mass is 10.1. The van der Waals surface area contributed by atoms with Crippen molar-refractivity contribution in [3.05, 3.63) is 59.1 Å². The number of furan rings is 1. The number of alkyl halides is 5. The van der Waals surface area contributed by atoms with E-state index in [1.54, 1.807) is 0 Å². The molecule has 2 heterocycles. The summed E-state index contributed by atoms with van der Waals surface area (Å²) >= 11 is 0. The lowest BCUT2D eigenvalue weighted by Crippen LogP contribution is -2.46. The zero-order chi connectivity index (χ0) is 24.6. The molecule has 1 atom stereocenters. The maximum atomic E-state index is 14.7. The van der Waals surface area contributed by atoms with Crippen LogP contribution in [0.5, 0.6) is 5.75 Å². The van der Waals surface area contributed by atoms with Crippen LogP contribution < -0.4 is 15.8 Å². The first-order valence-electron chi connectivity index (χ1n) is 9.19. The summed E-state index contributed by atoms with van der Waals surface area (Å²) in [6.07, 6.45) is -8.86. The topological polar surface area (TPSA) is 128 Å². The van der Waals surface area contributed by atoms with Crippen molar-refractivity contribution >= 4 is 22.8 Å². The van der Waals surface area contributed by atoms with Gasteiger partial charge in [0.2, 0.25) is 5.91 Å². The van der Waals surface area contributed by atoms with Crippen molar-refractivity contribution in [3.63, 3.8) is 0 Å². The molecule has 0 unspecified atom stereocenters. The summed E-state index contributed by atoms with van der Waals surface area (Å²) in [6, 6.07) is 3.19. The molecule has 0 spiro atoms. The van der Waals surface area contributed by atoms with Gasteiger partial charge in [0, 0.05) is 11.6 Å². The average molecular weight is 473 g/mol. The van der Waals surface area contributed by atoms with Crippen molar-refractivity contribution in [2.75, 3.05) is 6.61 Å². The number of ether oxygens (including phenoxy) is 1. The highest BCUT2D eigenvalue weighted by Crippen LogP contribution is 2.40. The number of nitrogens with one attached hydrogen (secondary N) is 1. The Hall–Kier alpha value is -3.74. The van der Waals surface area contributed by atoms with Crippen molar-refractivity contribution in [3.8, 4) is 5.75 Å². The molecule has 3 aromatic rings. The molecule has 0 bridgehead atoms. The number of amides is 2. The quantitative estimate of drug-likeness (QED) is 0.453. The van der Waals surface area contributed by atoms with Crippen molar-refractivity contribution in [2.24, 2.45) is 5.73 Å². The number of nitrogens with two attached hydrogens (primary N) is 1. The molecule has 33 heavy (non-hydrogen) atoms. The minimum atomic E-state index is -5.15. The normalized spacial score (nSPS) is 13.1. The van der Waals surface area contributed by atoms with Gasteiger partial charge in [-0.15, -0.1) is 0 Å². The number of pyridine rings is 1. The Morgan fingerprint density at radius 3 is 2.55 bits per heavy atom. The SMILES string of the molecule is Cc1oc2ccc(OC(F)(F)c3cccnc3C(F)(F)F)cc2c1C(=O)N[C@@H](CO)C(N)=O. The molecule has 0 aliphatic carbocycles. The molecule has 4 N–H and O–H groups in total. The van der Waals surface area contributed by atoms with E-state index in [1.165, 1.54) is 13.0 Å². The third-order valence-electron chi connectivity index (χ3n) is 4.53. The molecule has 8 nitrogen and oxygen atoms in total. The van der Waals surface area contributed by atoms with Gasteiger partial charge in [-0.1, -0.05) is 0 Å². The number of carbonyl (C=O) groups is 2. The summed E-state index contributed by atoms with van der Waals surface area (Å²) in [5.41, 5.74) is 1.67. The maximum absolute atomic E-state index is 14.7. The van der Waals surface area contributed by atoms with Gasteiger partial charge in [-0.25, -0.2) is 0 Å². The summed E-state index contributed by atoms with van der Waals surface area (Å²) in [5, 5.41) is 11.3. The van der Waals surface area contributed by atoms with E-state index in [1.807, 2.05) is 0 Å². The Kier molecular flexibility index (Phi) is 6.27. The summed E-state index contributed by atoms with van der Waals surface area (Å²) in [7, 11) is 0. The molecule has 2 amide bonds. The van der Waals surface area contributed by atoms with Crippen LogP contribution in [0.1, 0.15) is 27.4 Å². The van der Waals surface area contributed by atoms with Crippen LogP contribution in [0.3, 0.4) is 0 Å². The van der Waals surface area contributed by atoms with E-state index >= 15 is 0 Å². The second-order valence-corrected chi connectivity index (χ2v) is 6.82. The van der Waals surface area contributed by atoms with E-state index in [0.29, 0.717) is 6.07 Å². The second-order valence-electron chi connectivity index (χ2n) is 6.82. The van der Waals surface area contributed by atoms with Gasteiger partial charge in [-0.2, -0.15) is 22.0 Å². The molecule has 3 rings (SSSR count). The van der Waals surface area contributed by atoms with Gasteiger partial charge in [0.05, 0.1) is 17.7 Å². The third kappa shape index (κ3) is 4.87. The predicted molar refractivity (Wildman–Crippen MR) is 102 cm³/mol. The molecule has 0 aliphatic rings. The summed E-state index contributed by atoms with van der Waals surface area (Å²) < 4.78 is 78.6. The first-order valence-corrected chi connectivity index (χ1v) is 9.19. The first kappa shape index (κ1) is 23.9. The maximum Gasteiger partial charge on any atom is 0.433 e. The minimum Gasteiger partial charge on any atom is -0.461 e. The lowest BCUT2D eigenvalue weighted by molar-refractivity contribution is -0.196. The van der Waals surface area contributed by atoms with Crippen molar-refractivity contribution in [1.82, 2.24) is 10.3 Å². The number of hydrogen-bond acceptors (Lipinski definition) is 6. The standard InChI is InChI=1S/C20H16F5N3O5/c1-9-15(18(31)28-13(8-29)17(26)30)11-7-10(4-5-14(11)32-9)33-20(24,25)12-3-2-6-27-16(12)19(21,22)23/h2-7,13,29H,8H2,1H3,(H2,26,30)(H,28,31)/t13-/m0/s1. The van der Waals surface area contributed by atoms with Crippen LogP contribution >= 0.6 is 0 Å². The Morgan fingerprint density at radius 2 is 1.94 bits per heavy atom. The third-order valence-corrected chi connectivity index (χ3v) is 4.53. The molecule has 176 valence electrons. The van der Waals surface area contributed by atoms with Crippen molar-refractivity contribution < 1.29 is 45.8 Å². The molecule has 0 radical (unpaired) electrons. The molecule has 2 aromatic heterocycles. The van der Waals surface area contributed by atoms with Gasteiger partial charge in [0.1, 0.15) is 23.1 Å². The molecule has 0 aliphatic heterocycles. The van der Waals surface area contributed by atoms with Gasteiger partial charge in [-0.05, 0) is 37.3 Å². The molecule has 0 saturated carbocycles. The number of primary amides is 1. The van der Waals surface area contributed by atoms with Crippen LogP contribution in [0, 0.1) is 6.92 Å². The number of aliphatic hydroxyl groups excluding tert-OH is 1. The molecular formula is C20H16F5N3O5. The Balaban J connectivity index is 1.99. The number of rotatable bonds is 7. The number of hydrogen-bond donors (Lipinski definition) is 3. The number of carbonyl (C=O) groups excluding carboxylic acids is 2. The number of benzene rings is 1. The largest absolute Gasteiger partial charge is 0.461 e. The molecule has 0 saturated heterocycles. The predicted octanol–water partition coefficient (Wildman–Crippen LogP) is 2.86. The fraction of sp³-hybridized carbons (Fsp3) is 0.250. The number of nitrogens with zero attached hydrogens (tertiary/aromatic N) is 1. The van der Waals surface area contributed by atoms with E-state index in [-0.39, 0.29) is 22.3 Å². The Morgan fingerprint density at radius 1 is 1.24 bits per heavy atom. The summed E-state index contributed by atoms with van der Waals surface area (Å²) in [6.45, 7) is 0.594. The van der Waals surface area contributed by atoms with E-state index in [9.17, 15) is 31.5 Å². The zero-order valence-electron chi connectivity index (χ0n) is 16.7. The molecule has 0 fully saturated rings. The summed E-state index contributed by atoms with van der Waals surface area (Å²) in [5.74, 6) is -2.45. The minimum absolute atomic E-state index is 0.0262. The van der Waals surface area contributed by atoms with Crippen molar-refractivity contribution in [2.45, 2.75) is 25.3 Å². The number of halogens is 5. The van der Waals surface area contributed by atoms with E-state index in [2.05, 4.69) is 15.0 Å². The van der Waals surface area contributed by atoms with Crippen molar-refractivity contribution in [1.29, 1.82) is 0 Å². The number of aliphatic hydroxyl groups is 1. The van der Waals surface area contributed by atoms with Gasteiger partial charge < -0.3 is 25.3 Å². The highest BCUT2D eigenvalue weighted by Gasteiger charge is 2.46. The van der Waals surface area contributed by atoms with Crippen LogP contribution in [0.4, 0.5) is 22.0 Å². The number of aromatic nitrogens is 1. The highest BCUT2D eigenvalue weighted by atomic mass is 19.4. The Bertz CT molecular complexity index is 1210. The van der Waals surface area contributed by atoms with Gasteiger partial charge in [-0.3, -0.25) is 14.6 Å². The Labute approximate surface area is 182 Å². The lowest BCUT2D eigenvalue weighted by Gasteiger charge is -2.21. The van der Waals surface area contributed by atoms with E-state index < -0.39 is 53.8 Å². The highest BCUT2D eigenvalue weighted by molar-refractivity contribution is 6.08. The first-order chi connectivity index (χ1) is 15.3. The van der Waals surface area contributed by atoms with Gasteiger partial charge in [0.25, 0.3) is 5.91 Å². The second kappa shape index (κ2) is 8.65. The zero-order valence-corrected chi connectivity index (χ0v) is 16.7. The number of aryl methyl sites for hydroxylation is 1. The number of fused-ring (bicyclic) bond motifs is 1. The van der Waals surface area contributed by atoms with Crippen LogP contribution in [-0.4, -0.2) is 34.6 Å². The average Bonchev–Trinajstić information content (AvgIpc) is 3.05. The monoisotopic (exact) mass is 473 g/mol. The van der Waals surface area contributed by atoms with Crippen LogP contribution in [0.2, 0.25) is 0 Å². The molecule has 1 aromatic carbocycles. The smallest absolute Gasteiger partial charge is 0.433 e. The van der Waals surface area contributed by atoms with Gasteiger partial charge >= 0.3 is 12.3 Å². The van der Waals surface area contributed by atoms with E-state index in [4.69, 9.17) is 15.3 Å². The molecule has 13 heteroatoms. The molecular weight excluding hydrogens is 457 g/mol. The summed E-state index contributed by atoms with van der Waals surface area (Å²) in [4.78, 5) is 26.8. The van der Waals surface area contributed by atoms with Gasteiger partial charge in [0.15, 0.2) is 5.69 Å². The van der Waals surface area contributed by atoms with E-state index in [0.717, 1.165) is 24.4 Å². The fourth-order valence-electron chi connectivity index (χ4n) is 3.05. The van der Waals surface area contributed by atoms with Crippen LogP contribution in [0.15, 0.2) is 40.9 Å². The van der Waals surface area contributed by atoms with Crippen LogP contribution in [0.25, 0.3) is 11.0 Å². The fourth-order valence-corrected chi connectivity index (χ4v) is 3.05.